The average Bonchev–Trinajstić information content (AvgIpc) is 3.25. The summed E-state index contributed by atoms with van der Waals surface area (Å²) in [4.78, 5) is 5.18. The Hall–Kier alpha value is -1.87. The summed E-state index contributed by atoms with van der Waals surface area (Å²) in [6.07, 6.45) is 5.76. The van der Waals surface area contributed by atoms with Crippen LogP contribution in [0.25, 0.3) is 27.5 Å². The lowest BCUT2D eigenvalue weighted by Crippen LogP contribution is -2.25. The molecule has 0 fully saturated rings. The Bertz CT molecular complexity index is 1310. The van der Waals surface area contributed by atoms with Crippen molar-refractivity contribution in [1.29, 1.82) is 0 Å². The Morgan fingerprint density at radius 2 is 1.75 bits per heavy atom. The topological polar surface area (TPSA) is 17.3 Å². The van der Waals surface area contributed by atoms with Crippen molar-refractivity contribution in [2.24, 2.45) is 0 Å². The maximum Gasteiger partial charge on any atom is 0.146 e. The van der Waals surface area contributed by atoms with Crippen LogP contribution in [0.2, 0.25) is 0 Å². The van der Waals surface area contributed by atoms with Gasteiger partial charge in [0, 0.05) is 21.4 Å². The van der Waals surface area contributed by atoms with E-state index in [2.05, 4.69) is 84.6 Å². The number of hydrogen-bond acceptors (Lipinski definition) is 1. The molecule has 32 heavy (non-hydrogen) atoms. The van der Waals surface area contributed by atoms with Gasteiger partial charge < -0.3 is 0 Å². The fourth-order valence-electron chi connectivity index (χ4n) is 6.41. The molecular weight excluding hydrogens is 456 g/mol. The van der Waals surface area contributed by atoms with E-state index in [0.29, 0.717) is 5.92 Å². The van der Waals surface area contributed by atoms with Crippen LogP contribution in [0.4, 0.5) is 0 Å². The van der Waals surface area contributed by atoms with Gasteiger partial charge in [-0.2, -0.15) is 0 Å². The van der Waals surface area contributed by atoms with Crippen molar-refractivity contribution in [2.75, 3.05) is 0 Å². The lowest BCUT2D eigenvalue weighted by atomic mass is 9.71. The SMILES string of the molecule is CC.CC.CCC1CC2(C)CC(C)(C)c3cc4c(cc32)nc2c3c1ccc(Br)c3ccn42. The van der Waals surface area contributed by atoms with E-state index in [1.807, 2.05) is 27.7 Å². The zero-order chi connectivity index (χ0) is 23.4. The minimum atomic E-state index is 0.195. The Morgan fingerprint density at radius 3 is 2.44 bits per heavy atom. The standard InChI is InChI=1S/C25H25BrN2.2C2H6/c1-5-14-12-25(4)13-24(2,3)17-11-21-20(10-18(17)25)27-23-22-15(14)6-7-19(26)16(22)8-9-28(21)23;2*1-2/h6-11,14H,5,12-13H2,1-4H3;2*1-2H3. The largest absolute Gasteiger partial charge is 0.299 e. The molecular formula is C29H37BrN2. The summed E-state index contributed by atoms with van der Waals surface area (Å²) in [5, 5.41) is 2.60. The van der Waals surface area contributed by atoms with Gasteiger partial charge in [-0.25, -0.2) is 4.98 Å². The molecule has 6 rings (SSSR count). The third-order valence-electron chi connectivity index (χ3n) is 7.51. The molecule has 0 radical (unpaired) electrons. The molecule has 2 aromatic carbocycles. The third-order valence-corrected chi connectivity index (χ3v) is 8.20. The van der Waals surface area contributed by atoms with Gasteiger partial charge in [0.25, 0.3) is 0 Å². The fraction of sp³-hybridized carbons (Fsp3) is 0.483. The average molecular weight is 494 g/mol. The summed E-state index contributed by atoms with van der Waals surface area (Å²) in [5.74, 6) is 0.533. The monoisotopic (exact) mass is 492 g/mol. The molecule has 3 heterocycles. The van der Waals surface area contributed by atoms with Gasteiger partial charge in [0.1, 0.15) is 5.65 Å². The Labute approximate surface area is 201 Å². The second-order valence-electron chi connectivity index (χ2n) is 9.86. The van der Waals surface area contributed by atoms with E-state index in [9.17, 15) is 0 Å². The molecule has 0 saturated carbocycles. The highest BCUT2D eigenvalue weighted by Gasteiger charge is 2.46. The molecule has 2 atom stereocenters. The second kappa shape index (κ2) is 8.17. The van der Waals surface area contributed by atoms with Gasteiger partial charge in [-0.1, -0.05) is 77.4 Å². The predicted octanol–water partition coefficient (Wildman–Crippen LogP) is 9.29. The number of imidazole rings is 1. The van der Waals surface area contributed by atoms with E-state index in [1.165, 1.54) is 45.8 Å². The van der Waals surface area contributed by atoms with Crippen molar-refractivity contribution in [3.63, 3.8) is 0 Å². The van der Waals surface area contributed by atoms with E-state index in [1.54, 1.807) is 0 Å². The Kier molecular flexibility index (Phi) is 5.94. The second-order valence-corrected chi connectivity index (χ2v) is 10.7. The lowest BCUT2D eigenvalue weighted by molar-refractivity contribution is 0.328. The zero-order valence-electron chi connectivity index (χ0n) is 20.9. The van der Waals surface area contributed by atoms with E-state index >= 15 is 0 Å². The molecule has 0 N–H and O–H groups in total. The predicted molar refractivity (Wildman–Crippen MR) is 143 cm³/mol. The maximum absolute atomic E-state index is 5.18. The number of halogens is 1. The smallest absolute Gasteiger partial charge is 0.146 e. The highest BCUT2D eigenvalue weighted by atomic mass is 79.9. The van der Waals surface area contributed by atoms with Crippen molar-refractivity contribution >= 4 is 43.4 Å². The molecule has 3 heteroatoms. The first-order valence-corrected chi connectivity index (χ1v) is 13.2. The highest BCUT2D eigenvalue weighted by molar-refractivity contribution is 9.10. The van der Waals surface area contributed by atoms with Crippen molar-refractivity contribution in [3.8, 4) is 0 Å². The molecule has 2 unspecified atom stereocenters. The van der Waals surface area contributed by atoms with E-state index in [-0.39, 0.29) is 10.8 Å². The van der Waals surface area contributed by atoms with Crippen molar-refractivity contribution in [3.05, 3.63) is 57.7 Å². The van der Waals surface area contributed by atoms with Crippen molar-refractivity contribution in [2.45, 2.75) is 91.4 Å². The number of rotatable bonds is 1. The van der Waals surface area contributed by atoms with Crippen LogP contribution in [0.15, 0.2) is 41.0 Å². The van der Waals surface area contributed by atoms with Crippen LogP contribution < -0.4 is 0 Å². The lowest BCUT2D eigenvalue weighted by Gasteiger charge is -2.32. The summed E-state index contributed by atoms with van der Waals surface area (Å²) in [5.41, 5.74) is 8.39. The van der Waals surface area contributed by atoms with Crippen LogP contribution in [-0.2, 0) is 10.8 Å². The molecule has 4 aromatic rings. The van der Waals surface area contributed by atoms with E-state index in [0.717, 1.165) is 22.1 Å². The normalized spacial score (nSPS) is 22.5. The van der Waals surface area contributed by atoms with Crippen LogP contribution in [0.1, 0.15) is 97.3 Å². The third kappa shape index (κ3) is 3.15. The van der Waals surface area contributed by atoms with Gasteiger partial charge >= 0.3 is 0 Å². The van der Waals surface area contributed by atoms with Gasteiger partial charge in [-0.15, -0.1) is 0 Å². The number of benzene rings is 2. The van der Waals surface area contributed by atoms with Crippen molar-refractivity contribution in [1.82, 2.24) is 9.38 Å². The Balaban J connectivity index is 0.000000582. The van der Waals surface area contributed by atoms with Gasteiger partial charge in [0.05, 0.1) is 11.0 Å². The van der Waals surface area contributed by atoms with Gasteiger partial charge in [0.2, 0.25) is 0 Å². The summed E-state index contributed by atoms with van der Waals surface area (Å²) in [6, 6.07) is 11.7. The molecule has 1 aliphatic heterocycles. The quantitative estimate of drug-likeness (QED) is 0.258. The van der Waals surface area contributed by atoms with Crippen LogP contribution in [0, 0.1) is 0 Å². The van der Waals surface area contributed by atoms with Gasteiger partial charge in [-0.05, 0) is 77.0 Å². The molecule has 0 amide bonds. The van der Waals surface area contributed by atoms with Crippen LogP contribution >= 0.6 is 15.9 Å². The number of fused-ring (bicyclic) bond motifs is 1. The molecule has 2 aliphatic rings. The fourth-order valence-corrected chi connectivity index (χ4v) is 6.87. The summed E-state index contributed by atoms with van der Waals surface area (Å²) in [7, 11) is 0. The van der Waals surface area contributed by atoms with Crippen molar-refractivity contribution < 1.29 is 0 Å². The zero-order valence-corrected chi connectivity index (χ0v) is 22.5. The molecule has 2 nitrogen and oxygen atoms in total. The van der Waals surface area contributed by atoms with Crippen LogP contribution in [0.5, 0.6) is 0 Å². The molecule has 0 spiro atoms. The van der Waals surface area contributed by atoms with E-state index in [4.69, 9.17) is 4.98 Å². The van der Waals surface area contributed by atoms with Gasteiger partial charge in [0.15, 0.2) is 0 Å². The van der Waals surface area contributed by atoms with E-state index < -0.39 is 0 Å². The Morgan fingerprint density at radius 1 is 1.03 bits per heavy atom. The maximum atomic E-state index is 5.18. The van der Waals surface area contributed by atoms with Crippen LogP contribution in [-0.4, -0.2) is 9.38 Å². The summed E-state index contributed by atoms with van der Waals surface area (Å²) in [6.45, 7) is 17.7. The first-order valence-electron chi connectivity index (χ1n) is 12.4. The minimum absolute atomic E-state index is 0.195. The number of pyridine rings is 1. The molecule has 2 aromatic heterocycles. The first kappa shape index (κ1) is 23.3. The highest BCUT2D eigenvalue weighted by Crippen LogP contribution is 2.55. The molecule has 170 valence electrons. The number of aromatic nitrogens is 2. The summed E-state index contributed by atoms with van der Waals surface area (Å²) >= 11 is 3.79. The first-order chi connectivity index (χ1) is 15.3. The number of hydrogen-bond donors (Lipinski definition) is 0. The number of nitrogens with zero attached hydrogens (tertiary/aromatic N) is 2. The van der Waals surface area contributed by atoms with Gasteiger partial charge in [-0.3, -0.25) is 4.40 Å². The van der Waals surface area contributed by atoms with Crippen LogP contribution in [0.3, 0.4) is 0 Å². The minimum Gasteiger partial charge on any atom is -0.299 e. The molecule has 3 bridgehead atoms. The summed E-state index contributed by atoms with van der Waals surface area (Å²) < 4.78 is 3.47. The molecule has 1 aliphatic carbocycles. The molecule has 0 saturated heterocycles.